The van der Waals surface area contributed by atoms with Crippen LogP contribution in [0, 0.1) is 0 Å². The Hall–Kier alpha value is -1.75. The first-order valence-electron chi connectivity index (χ1n) is 6.95. The largest absolute Gasteiger partial charge is 0.309 e. The quantitative estimate of drug-likeness (QED) is 0.829. The second-order valence-corrected chi connectivity index (χ2v) is 4.97. The van der Waals surface area contributed by atoms with E-state index in [0.29, 0.717) is 6.04 Å². The first-order chi connectivity index (χ1) is 9.43. The molecular formula is C14H19N5. The molecule has 3 rings (SSSR count). The average Bonchev–Trinajstić information content (AvgIpc) is 2.97. The molecule has 1 unspecified atom stereocenters. The summed E-state index contributed by atoms with van der Waals surface area (Å²) in [4.78, 5) is 4.54. The van der Waals surface area contributed by atoms with E-state index in [-0.39, 0.29) is 0 Å². The number of hydrogen-bond donors (Lipinski definition) is 1. The molecule has 0 fully saturated rings. The third kappa shape index (κ3) is 2.98. The molecule has 19 heavy (non-hydrogen) atoms. The van der Waals surface area contributed by atoms with Crippen LogP contribution in [-0.4, -0.2) is 26.5 Å². The summed E-state index contributed by atoms with van der Waals surface area (Å²) in [6.45, 7) is 1.90. The minimum atomic E-state index is 0.417. The molecule has 1 N–H and O–H groups in total. The summed E-state index contributed by atoms with van der Waals surface area (Å²) >= 11 is 0. The van der Waals surface area contributed by atoms with Gasteiger partial charge in [0.1, 0.15) is 0 Å². The Labute approximate surface area is 113 Å². The van der Waals surface area contributed by atoms with Gasteiger partial charge in [-0.05, 0) is 43.9 Å². The third-order valence-corrected chi connectivity index (χ3v) is 3.62. The van der Waals surface area contributed by atoms with Gasteiger partial charge in [0.15, 0.2) is 0 Å². The van der Waals surface area contributed by atoms with Crippen molar-refractivity contribution in [1.29, 1.82) is 0 Å². The van der Waals surface area contributed by atoms with Gasteiger partial charge in [-0.3, -0.25) is 9.67 Å². The molecule has 0 aliphatic heterocycles. The smallest absolute Gasteiger partial charge is 0.0692 e. The second kappa shape index (κ2) is 5.93. The minimum absolute atomic E-state index is 0.417. The van der Waals surface area contributed by atoms with E-state index in [9.17, 15) is 0 Å². The fraction of sp³-hybridized carbons (Fsp3) is 0.500. The Balaban J connectivity index is 1.51. The van der Waals surface area contributed by atoms with Gasteiger partial charge in [-0.25, -0.2) is 0 Å². The summed E-state index contributed by atoms with van der Waals surface area (Å²) in [6, 6.07) is 4.65. The molecule has 0 bridgehead atoms. The molecular weight excluding hydrogens is 238 g/mol. The highest BCUT2D eigenvalue weighted by molar-refractivity contribution is 5.25. The predicted molar refractivity (Wildman–Crippen MR) is 72.6 cm³/mol. The van der Waals surface area contributed by atoms with Gasteiger partial charge in [-0.15, -0.1) is 5.10 Å². The Morgan fingerprint density at radius 2 is 2.37 bits per heavy atom. The Kier molecular flexibility index (Phi) is 3.83. The third-order valence-electron chi connectivity index (χ3n) is 3.62. The molecule has 0 saturated carbocycles. The second-order valence-electron chi connectivity index (χ2n) is 4.97. The van der Waals surface area contributed by atoms with E-state index in [2.05, 4.69) is 26.7 Å². The predicted octanol–water partition coefficient (Wildman–Crippen LogP) is 1.73. The molecule has 100 valence electrons. The SMILES string of the molecule is c1cnc2c(c1)CCCC2NCCCn1ccnn1. The zero-order chi connectivity index (χ0) is 12.9. The maximum absolute atomic E-state index is 4.54. The van der Waals surface area contributed by atoms with E-state index in [1.165, 1.54) is 30.5 Å². The molecule has 0 amide bonds. The normalized spacial score (nSPS) is 18.2. The van der Waals surface area contributed by atoms with Crippen LogP contribution in [-0.2, 0) is 13.0 Å². The summed E-state index contributed by atoms with van der Waals surface area (Å²) < 4.78 is 1.87. The van der Waals surface area contributed by atoms with Crippen molar-refractivity contribution in [1.82, 2.24) is 25.3 Å². The van der Waals surface area contributed by atoms with Crippen LogP contribution in [0.3, 0.4) is 0 Å². The monoisotopic (exact) mass is 257 g/mol. The standard InChI is InChI=1S/C14H19N5/c1-4-12-5-2-7-16-14(12)13(6-1)15-8-3-10-19-11-9-17-18-19/h2,5,7,9,11,13,15H,1,3-4,6,8,10H2. The Morgan fingerprint density at radius 1 is 1.37 bits per heavy atom. The molecule has 5 nitrogen and oxygen atoms in total. The fourth-order valence-corrected chi connectivity index (χ4v) is 2.68. The number of aromatic nitrogens is 4. The lowest BCUT2D eigenvalue weighted by Gasteiger charge is -2.25. The molecule has 1 aliphatic carbocycles. The number of pyridine rings is 1. The lowest BCUT2D eigenvalue weighted by atomic mass is 9.92. The van der Waals surface area contributed by atoms with Crippen molar-refractivity contribution in [3.8, 4) is 0 Å². The van der Waals surface area contributed by atoms with Crippen LogP contribution in [0.5, 0.6) is 0 Å². The molecule has 0 radical (unpaired) electrons. The molecule has 2 aromatic rings. The molecule has 0 aromatic carbocycles. The molecule has 1 aliphatic rings. The van der Waals surface area contributed by atoms with Crippen LogP contribution in [0.2, 0.25) is 0 Å². The van der Waals surface area contributed by atoms with Crippen molar-refractivity contribution in [3.63, 3.8) is 0 Å². The summed E-state index contributed by atoms with van der Waals surface area (Å²) in [5, 5.41) is 11.4. The van der Waals surface area contributed by atoms with Gasteiger partial charge in [-0.2, -0.15) is 0 Å². The number of rotatable bonds is 5. The molecule has 1 atom stereocenters. The molecule has 5 heteroatoms. The van der Waals surface area contributed by atoms with E-state index in [1.54, 1.807) is 6.20 Å². The summed E-state index contributed by atoms with van der Waals surface area (Å²) in [7, 11) is 0. The van der Waals surface area contributed by atoms with Gasteiger partial charge in [-0.1, -0.05) is 11.3 Å². The topological polar surface area (TPSA) is 55.6 Å². The van der Waals surface area contributed by atoms with Crippen molar-refractivity contribution in [2.45, 2.75) is 38.3 Å². The summed E-state index contributed by atoms with van der Waals surface area (Å²) in [5.41, 5.74) is 2.65. The zero-order valence-electron chi connectivity index (χ0n) is 11.0. The lowest BCUT2D eigenvalue weighted by Crippen LogP contribution is -2.27. The van der Waals surface area contributed by atoms with Gasteiger partial charge < -0.3 is 5.32 Å². The van der Waals surface area contributed by atoms with E-state index in [0.717, 1.165) is 19.5 Å². The van der Waals surface area contributed by atoms with Crippen LogP contribution < -0.4 is 5.32 Å². The van der Waals surface area contributed by atoms with E-state index in [1.807, 2.05) is 23.1 Å². The van der Waals surface area contributed by atoms with Crippen LogP contribution in [0.4, 0.5) is 0 Å². The molecule has 0 spiro atoms. The van der Waals surface area contributed by atoms with Crippen LogP contribution in [0.25, 0.3) is 0 Å². The number of fused-ring (bicyclic) bond motifs is 1. The van der Waals surface area contributed by atoms with Crippen LogP contribution in [0.15, 0.2) is 30.7 Å². The maximum atomic E-state index is 4.54. The van der Waals surface area contributed by atoms with Crippen molar-refractivity contribution in [2.75, 3.05) is 6.54 Å². The van der Waals surface area contributed by atoms with Crippen molar-refractivity contribution in [3.05, 3.63) is 42.0 Å². The molecule has 0 saturated heterocycles. The minimum Gasteiger partial charge on any atom is -0.309 e. The van der Waals surface area contributed by atoms with E-state index < -0.39 is 0 Å². The summed E-state index contributed by atoms with van der Waals surface area (Å²) in [5.74, 6) is 0. The van der Waals surface area contributed by atoms with Gasteiger partial charge in [0.2, 0.25) is 0 Å². The van der Waals surface area contributed by atoms with Crippen LogP contribution >= 0.6 is 0 Å². The van der Waals surface area contributed by atoms with Crippen LogP contribution in [0.1, 0.15) is 36.6 Å². The number of nitrogens with one attached hydrogen (secondary N) is 1. The average molecular weight is 257 g/mol. The first-order valence-corrected chi connectivity index (χ1v) is 6.95. The van der Waals surface area contributed by atoms with Gasteiger partial charge in [0, 0.05) is 25.0 Å². The van der Waals surface area contributed by atoms with E-state index in [4.69, 9.17) is 0 Å². The highest BCUT2D eigenvalue weighted by Crippen LogP contribution is 2.27. The lowest BCUT2D eigenvalue weighted by molar-refractivity contribution is 0.430. The zero-order valence-corrected chi connectivity index (χ0v) is 11.0. The van der Waals surface area contributed by atoms with Crippen molar-refractivity contribution >= 4 is 0 Å². The van der Waals surface area contributed by atoms with Crippen molar-refractivity contribution < 1.29 is 0 Å². The van der Waals surface area contributed by atoms with Gasteiger partial charge in [0.25, 0.3) is 0 Å². The molecule has 2 heterocycles. The fourth-order valence-electron chi connectivity index (χ4n) is 2.68. The van der Waals surface area contributed by atoms with Gasteiger partial charge >= 0.3 is 0 Å². The van der Waals surface area contributed by atoms with Crippen molar-refractivity contribution in [2.24, 2.45) is 0 Å². The van der Waals surface area contributed by atoms with Gasteiger partial charge in [0.05, 0.1) is 11.9 Å². The number of nitrogens with zero attached hydrogens (tertiary/aromatic N) is 4. The van der Waals surface area contributed by atoms with E-state index >= 15 is 0 Å². The highest BCUT2D eigenvalue weighted by atomic mass is 15.4. The number of hydrogen-bond acceptors (Lipinski definition) is 4. The Bertz CT molecular complexity index is 508. The Morgan fingerprint density at radius 3 is 3.26 bits per heavy atom. The molecule has 2 aromatic heterocycles. The first kappa shape index (κ1) is 12.3. The maximum Gasteiger partial charge on any atom is 0.0692 e. The highest BCUT2D eigenvalue weighted by Gasteiger charge is 2.20. The number of aryl methyl sites for hydroxylation is 2. The summed E-state index contributed by atoms with van der Waals surface area (Å²) in [6.07, 6.45) is 10.2.